The fraction of sp³-hybridized carbons (Fsp3) is 0.625. The number of aromatic nitrogens is 1. The Morgan fingerprint density at radius 1 is 1.05 bits per heavy atom. The molecule has 0 bridgehead atoms. The Morgan fingerprint density at radius 2 is 1.79 bits per heavy atom. The molecular weight excluding hydrogens is 743 g/mol. The Balaban J connectivity index is 1.34. The molecule has 4 amide bonds. The maximum Gasteiger partial charge on any atom is 0.408 e. The topological polar surface area (TPSA) is 192 Å². The highest BCUT2D eigenvalue weighted by molar-refractivity contribution is 7.91. The number of ether oxygens (including phenoxy) is 4. The zero-order valence-electron chi connectivity index (χ0n) is 33.0. The lowest BCUT2D eigenvalue weighted by molar-refractivity contribution is -0.142. The van der Waals surface area contributed by atoms with Gasteiger partial charge in [0.2, 0.25) is 27.7 Å². The SMILES string of the molecule is COCCOc1cnc(O[C@@H]2C[C@H]3C(=O)N[C@]4(C(=O)NS(=O)(=O)C5CC5)C[C@H]4/C=C\CC[C@@H](C)C[C@@H](C)[C@H](NC(=O)OC(C)(C)C)C(=O)N3C2)c2ccccc12. The Labute approximate surface area is 328 Å². The molecule has 15 nitrogen and oxygen atoms in total. The number of alkyl carbamates (subject to hydrolysis) is 1. The minimum atomic E-state index is -3.91. The number of sulfonamides is 1. The normalized spacial score (nSPS) is 29.1. The van der Waals surface area contributed by atoms with Crippen molar-refractivity contribution in [3.8, 4) is 11.6 Å². The van der Waals surface area contributed by atoms with Crippen LogP contribution in [0.1, 0.15) is 79.6 Å². The number of nitrogens with one attached hydrogen (secondary N) is 3. The summed E-state index contributed by atoms with van der Waals surface area (Å²) >= 11 is 0. The number of hydrogen-bond donors (Lipinski definition) is 3. The highest BCUT2D eigenvalue weighted by atomic mass is 32.2. The average Bonchev–Trinajstić information content (AvgIpc) is 4.05. The number of hydrogen-bond acceptors (Lipinski definition) is 11. The van der Waals surface area contributed by atoms with E-state index in [9.17, 15) is 27.6 Å². The van der Waals surface area contributed by atoms with E-state index in [1.54, 1.807) is 34.1 Å². The van der Waals surface area contributed by atoms with E-state index in [2.05, 4.69) is 27.3 Å². The molecule has 1 aromatic carbocycles. The molecular formula is C40H55N5O10S. The minimum Gasteiger partial charge on any atom is -0.489 e. The van der Waals surface area contributed by atoms with Gasteiger partial charge in [0.15, 0.2) is 0 Å². The first kappa shape index (κ1) is 41.2. The van der Waals surface area contributed by atoms with Gasteiger partial charge < -0.3 is 34.5 Å². The lowest BCUT2D eigenvalue weighted by atomic mass is 9.88. The van der Waals surface area contributed by atoms with Crippen LogP contribution in [0.2, 0.25) is 0 Å². The fourth-order valence-corrected chi connectivity index (χ4v) is 9.04. The Hall–Kier alpha value is -4.44. The molecule has 16 heteroatoms. The summed E-state index contributed by atoms with van der Waals surface area (Å²) in [6.45, 7) is 9.84. The lowest BCUT2D eigenvalue weighted by Gasteiger charge is -2.33. The number of nitrogens with zero attached hydrogens (tertiary/aromatic N) is 2. The molecule has 2 saturated carbocycles. The van der Waals surface area contributed by atoms with Gasteiger partial charge >= 0.3 is 6.09 Å². The van der Waals surface area contributed by atoms with E-state index in [0.29, 0.717) is 50.0 Å². The molecule has 0 unspecified atom stereocenters. The van der Waals surface area contributed by atoms with Crippen molar-refractivity contribution in [2.45, 2.75) is 114 Å². The molecule has 0 spiro atoms. The van der Waals surface area contributed by atoms with Gasteiger partial charge in [-0.2, -0.15) is 0 Å². The second-order valence-electron chi connectivity index (χ2n) is 16.7. The van der Waals surface area contributed by atoms with Crippen molar-refractivity contribution in [3.05, 3.63) is 42.6 Å². The van der Waals surface area contributed by atoms with Crippen LogP contribution in [-0.4, -0.2) is 104 Å². The molecule has 7 atom stereocenters. The summed E-state index contributed by atoms with van der Waals surface area (Å²) in [6, 6.07) is 5.24. The van der Waals surface area contributed by atoms with Crippen LogP contribution in [-0.2, 0) is 33.9 Å². The second kappa shape index (κ2) is 16.6. The van der Waals surface area contributed by atoms with Crippen LogP contribution >= 0.6 is 0 Å². The molecule has 2 aliphatic carbocycles. The molecule has 56 heavy (non-hydrogen) atoms. The summed E-state index contributed by atoms with van der Waals surface area (Å²) < 4.78 is 51.1. The van der Waals surface area contributed by atoms with Crippen LogP contribution in [0.5, 0.6) is 11.6 Å². The van der Waals surface area contributed by atoms with Crippen LogP contribution in [0.3, 0.4) is 0 Å². The Morgan fingerprint density at radius 3 is 2.48 bits per heavy atom. The molecule has 3 fully saturated rings. The Bertz CT molecular complexity index is 1950. The molecule has 2 aromatic rings. The third-order valence-electron chi connectivity index (χ3n) is 10.8. The van der Waals surface area contributed by atoms with Crippen LogP contribution in [0.4, 0.5) is 4.79 Å². The summed E-state index contributed by atoms with van der Waals surface area (Å²) in [7, 11) is -2.32. The van der Waals surface area contributed by atoms with Gasteiger partial charge in [-0.25, -0.2) is 18.2 Å². The van der Waals surface area contributed by atoms with Crippen molar-refractivity contribution in [1.82, 2.24) is 25.2 Å². The molecule has 4 aliphatic rings. The van der Waals surface area contributed by atoms with E-state index < -0.39 is 74.3 Å². The number of carbonyl (C=O) groups is 4. The largest absolute Gasteiger partial charge is 0.489 e. The van der Waals surface area contributed by atoms with E-state index in [0.717, 1.165) is 11.8 Å². The molecule has 3 N–H and O–H groups in total. The summed E-state index contributed by atoms with van der Waals surface area (Å²) in [4.78, 5) is 62.3. The van der Waals surface area contributed by atoms with Crippen molar-refractivity contribution in [2.75, 3.05) is 26.9 Å². The van der Waals surface area contributed by atoms with Crippen LogP contribution in [0, 0.1) is 17.8 Å². The summed E-state index contributed by atoms with van der Waals surface area (Å²) in [5, 5.41) is 6.48. The lowest BCUT2D eigenvalue weighted by Crippen LogP contribution is -2.59. The van der Waals surface area contributed by atoms with Gasteiger partial charge in [-0.05, 0) is 77.2 Å². The minimum absolute atomic E-state index is 0.0299. The smallest absolute Gasteiger partial charge is 0.408 e. The first-order valence-corrected chi connectivity index (χ1v) is 21.1. The molecule has 3 heterocycles. The number of fused-ring (bicyclic) bond motifs is 3. The highest BCUT2D eigenvalue weighted by Gasteiger charge is 2.62. The van der Waals surface area contributed by atoms with Gasteiger partial charge in [-0.15, -0.1) is 0 Å². The van der Waals surface area contributed by atoms with Crippen molar-refractivity contribution < 1.29 is 46.5 Å². The van der Waals surface area contributed by atoms with Crippen molar-refractivity contribution >= 4 is 44.6 Å². The molecule has 2 aliphatic heterocycles. The van der Waals surface area contributed by atoms with Crippen molar-refractivity contribution in [1.29, 1.82) is 0 Å². The monoisotopic (exact) mass is 797 g/mol. The third-order valence-corrected chi connectivity index (χ3v) is 12.7. The zero-order valence-corrected chi connectivity index (χ0v) is 33.9. The van der Waals surface area contributed by atoms with Crippen LogP contribution in [0.25, 0.3) is 10.8 Å². The van der Waals surface area contributed by atoms with Gasteiger partial charge in [-0.1, -0.05) is 44.2 Å². The summed E-state index contributed by atoms with van der Waals surface area (Å²) in [5.74, 6) is -1.76. The van der Waals surface area contributed by atoms with Gasteiger partial charge in [0.05, 0.1) is 24.6 Å². The van der Waals surface area contributed by atoms with E-state index >= 15 is 0 Å². The number of allylic oxidation sites excluding steroid dienone is 1. The quantitative estimate of drug-likeness (QED) is 0.233. The van der Waals surface area contributed by atoms with Gasteiger partial charge in [0.25, 0.3) is 5.91 Å². The summed E-state index contributed by atoms with van der Waals surface area (Å²) in [5.41, 5.74) is -2.35. The first-order chi connectivity index (χ1) is 26.5. The molecule has 1 saturated heterocycles. The number of benzene rings is 1. The van der Waals surface area contributed by atoms with Gasteiger partial charge in [0.1, 0.15) is 41.7 Å². The number of pyridine rings is 1. The van der Waals surface area contributed by atoms with E-state index in [1.165, 1.54) is 4.90 Å². The standard InChI is InChI=1S/C40H55N5O10S/c1-24-11-7-8-12-26-21-40(26,37(48)44-56(50,51)28-15-16-28)43-34(46)31-20-27(23-45(31)36(47)33(25(2)19-24)42-38(49)55-39(3,4)5)54-35-30-14-10-9-13-29(30)32(22-41-35)53-18-17-52-6/h8-10,12-14,22,24-28,31,33H,7,11,15-21,23H2,1-6H3,(H,42,49)(H,43,46)(H,44,48)/b12-8-/t24-,25-,26-,27-,31+,33+,40-/m1/s1. The Kier molecular flexibility index (Phi) is 12.2. The number of amides is 4. The van der Waals surface area contributed by atoms with Crippen molar-refractivity contribution in [2.24, 2.45) is 17.8 Å². The molecule has 6 rings (SSSR count). The second-order valence-corrected chi connectivity index (χ2v) is 18.7. The fourth-order valence-electron chi connectivity index (χ4n) is 7.67. The predicted molar refractivity (Wildman–Crippen MR) is 207 cm³/mol. The predicted octanol–water partition coefficient (Wildman–Crippen LogP) is 4.00. The number of carbonyl (C=O) groups excluding carboxylic acids is 4. The van der Waals surface area contributed by atoms with Crippen LogP contribution < -0.4 is 24.8 Å². The number of methoxy groups -OCH3 is 1. The van der Waals surface area contributed by atoms with Crippen LogP contribution in [0.15, 0.2) is 42.6 Å². The maximum atomic E-state index is 14.8. The molecule has 0 radical (unpaired) electrons. The first-order valence-electron chi connectivity index (χ1n) is 19.5. The van der Waals surface area contributed by atoms with Crippen molar-refractivity contribution in [3.63, 3.8) is 0 Å². The number of rotatable bonds is 10. The van der Waals surface area contributed by atoms with E-state index in [1.807, 2.05) is 43.3 Å². The third kappa shape index (κ3) is 9.56. The van der Waals surface area contributed by atoms with E-state index in [-0.39, 0.29) is 37.1 Å². The zero-order chi connectivity index (χ0) is 40.4. The maximum absolute atomic E-state index is 14.8. The van der Waals surface area contributed by atoms with Gasteiger partial charge in [-0.3, -0.25) is 19.1 Å². The van der Waals surface area contributed by atoms with Gasteiger partial charge in [0, 0.05) is 30.2 Å². The average molecular weight is 798 g/mol. The summed E-state index contributed by atoms with van der Waals surface area (Å²) in [6.07, 6.45) is 7.09. The van der Waals surface area contributed by atoms with E-state index in [4.69, 9.17) is 18.9 Å². The molecule has 1 aromatic heterocycles. The molecule has 306 valence electrons. The highest BCUT2D eigenvalue weighted by Crippen LogP contribution is 2.46.